The Kier molecular flexibility index (Phi) is 5.83. The predicted molar refractivity (Wildman–Crippen MR) is 114 cm³/mol. The Labute approximate surface area is 172 Å². The molecule has 4 rings (SSSR count). The van der Waals surface area contributed by atoms with Crippen LogP contribution in [0.2, 0.25) is 0 Å². The first-order chi connectivity index (χ1) is 14.1. The summed E-state index contributed by atoms with van der Waals surface area (Å²) in [4.78, 5) is 28.3. The number of benzene rings is 1. The van der Waals surface area contributed by atoms with Gasteiger partial charge in [0.25, 0.3) is 5.91 Å². The molecule has 0 N–H and O–H groups in total. The Bertz CT molecular complexity index is 841. The maximum absolute atomic E-state index is 12.5. The second kappa shape index (κ2) is 8.68. The number of ether oxygens (including phenoxy) is 1. The third-order valence-corrected chi connectivity index (χ3v) is 5.56. The highest BCUT2D eigenvalue weighted by atomic mass is 16.5. The van der Waals surface area contributed by atoms with Crippen LogP contribution in [0.4, 0.5) is 11.8 Å². The van der Waals surface area contributed by atoms with E-state index in [2.05, 4.69) is 20.9 Å². The summed E-state index contributed by atoms with van der Waals surface area (Å²) in [7, 11) is 0. The van der Waals surface area contributed by atoms with Crippen LogP contribution < -0.4 is 14.5 Å². The summed E-state index contributed by atoms with van der Waals surface area (Å²) in [5.74, 6) is 2.54. The molecule has 0 unspecified atom stereocenters. The Hall–Kier alpha value is -2.83. The zero-order valence-electron chi connectivity index (χ0n) is 17.3. The van der Waals surface area contributed by atoms with Crippen molar-refractivity contribution >= 4 is 17.7 Å². The largest absolute Gasteiger partial charge is 0.484 e. The summed E-state index contributed by atoms with van der Waals surface area (Å²) in [6.45, 7) is 9.05. The van der Waals surface area contributed by atoms with Crippen molar-refractivity contribution in [3.8, 4) is 5.75 Å². The normalized spacial score (nSPS) is 17.0. The van der Waals surface area contributed by atoms with Gasteiger partial charge in [-0.05, 0) is 38.8 Å². The summed E-state index contributed by atoms with van der Waals surface area (Å²) >= 11 is 0. The van der Waals surface area contributed by atoms with Gasteiger partial charge in [0.1, 0.15) is 11.6 Å². The highest BCUT2D eigenvalue weighted by molar-refractivity contribution is 5.78. The molecule has 7 heteroatoms. The average Bonchev–Trinajstić information content (AvgIpc) is 3.28. The van der Waals surface area contributed by atoms with Gasteiger partial charge in [0.15, 0.2) is 6.61 Å². The number of amides is 1. The van der Waals surface area contributed by atoms with Gasteiger partial charge in [-0.25, -0.2) is 4.98 Å². The first kappa shape index (κ1) is 19.5. The van der Waals surface area contributed by atoms with Gasteiger partial charge < -0.3 is 19.4 Å². The monoisotopic (exact) mass is 395 g/mol. The van der Waals surface area contributed by atoms with E-state index in [0.29, 0.717) is 13.1 Å². The van der Waals surface area contributed by atoms with Gasteiger partial charge in [0.2, 0.25) is 5.95 Å². The van der Waals surface area contributed by atoms with E-state index in [9.17, 15) is 4.79 Å². The molecule has 1 aromatic carbocycles. The lowest BCUT2D eigenvalue weighted by molar-refractivity contribution is -0.133. The first-order valence-electron chi connectivity index (χ1n) is 10.4. The quantitative estimate of drug-likeness (QED) is 0.775. The van der Waals surface area contributed by atoms with Crippen molar-refractivity contribution in [2.24, 2.45) is 0 Å². The fourth-order valence-corrected chi connectivity index (χ4v) is 3.81. The number of anilines is 2. The molecule has 0 aliphatic carbocycles. The van der Waals surface area contributed by atoms with Crippen molar-refractivity contribution in [1.29, 1.82) is 0 Å². The summed E-state index contributed by atoms with van der Waals surface area (Å²) in [5.41, 5.74) is 2.16. The SMILES string of the molecule is Cc1ccc(OCC(=O)N2CCN(c3nc(C)cc(N4CCCC4)n3)CC2)cc1. The smallest absolute Gasteiger partial charge is 0.260 e. The number of nitrogens with zero attached hydrogens (tertiary/aromatic N) is 5. The standard InChI is InChI=1S/C22H29N5O2/c1-17-5-7-19(8-6-17)29-16-21(28)26-11-13-27(14-12-26)22-23-18(2)15-20(24-22)25-9-3-4-10-25/h5-8,15H,3-4,9-14,16H2,1-2H3. The summed E-state index contributed by atoms with van der Waals surface area (Å²) in [6, 6.07) is 9.83. The van der Waals surface area contributed by atoms with E-state index >= 15 is 0 Å². The summed E-state index contributed by atoms with van der Waals surface area (Å²) in [6.07, 6.45) is 2.45. The summed E-state index contributed by atoms with van der Waals surface area (Å²) < 4.78 is 5.64. The van der Waals surface area contributed by atoms with Gasteiger partial charge in [-0.2, -0.15) is 4.98 Å². The van der Waals surface area contributed by atoms with Gasteiger partial charge in [0.05, 0.1) is 0 Å². The molecule has 29 heavy (non-hydrogen) atoms. The number of piperazine rings is 1. The van der Waals surface area contributed by atoms with Crippen molar-refractivity contribution in [3.05, 3.63) is 41.6 Å². The number of carbonyl (C=O) groups excluding carboxylic acids is 1. The Morgan fingerprint density at radius 3 is 2.31 bits per heavy atom. The van der Waals surface area contributed by atoms with Crippen LogP contribution in [0.5, 0.6) is 5.75 Å². The van der Waals surface area contributed by atoms with Crippen LogP contribution in [-0.4, -0.2) is 66.7 Å². The van der Waals surface area contributed by atoms with E-state index < -0.39 is 0 Å². The van der Waals surface area contributed by atoms with Crippen LogP contribution in [0.15, 0.2) is 30.3 Å². The number of carbonyl (C=O) groups is 1. The fourth-order valence-electron chi connectivity index (χ4n) is 3.81. The minimum absolute atomic E-state index is 0.0214. The van der Waals surface area contributed by atoms with Crippen molar-refractivity contribution in [3.63, 3.8) is 0 Å². The molecular formula is C22H29N5O2. The van der Waals surface area contributed by atoms with Crippen LogP contribution in [0.3, 0.4) is 0 Å². The molecule has 2 aliphatic rings. The molecule has 0 saturated carbocycles. The van der Waals surface area contributed by atoms with Crippen LogP contribution in [0, 0.1) is 13.8 Å². The fraction of sp³-hybridized carbons (Fsp3) is 0.500. The molecule has 2 saturated heterocycles. The van der Waals surface area contributed by atoms with Gasteiger partial charge >= 0.3 is 0 Å². The van der Waals surface area contributed by atoms with Crippen molar-refractivity contribution < 1.29 is 9.53 Å². The van der Waals surface area contributed by atoms with E-state index in [1.807, 2.05) is 43.0 Å². The van der Waals surface area contributed by atoms with Gasteiger partial charge in [0, 0.05) is 51.0 Å². The van der Waals surface area contributed by atoms with E-state index in [4.69, 9.17) is 9.72 Å². The minimum atomic E-state index is 0.0214. The molecule has 2 fully saturated rings. The minimum Gasteiger partial charge on any atom is -0.484 e. The topological polar surface area (TPSA) is 61.8 Å². The van der Waals surface area contributed by atoms with Gasteiger partial charge in [-0.3, -0.25) is 4.79 Å². The molecular weight excluding hydrogens is 366 g/mol. The zero-order chi connectivity index (χ0) is 20.2. The number of aromatic nitrogens is 2. The molecule has 3 heterocycles. The van der Waals surface area contributed by atoms with E-state index in [0.717, 1.165) is 49.4 Å². The van der Waals surface area contributed by atoms with E-state index in [1.54, 1.807) is 0 Å². The maximum Gasteiger partial charge on any atom is 0.260 e. The second-order valence-electron chi connectivity index (χ2n) is 7.83. The third-order valence-electron chi connectivity index (χ3n) is 5.56. The van der Waals surface area contributed by atoms with Crippen LogP contribution >= 0.6 is 0 Å². The first-order valence-corrected chi connectivity index (χ1v) is 10.4. The summed E-state index contributed by atoms with van der Waals surface area (Å²) in [5, 5.41) is 0. The number of hydrogen-bond acceptors (Lipinski definition) is 6. The molecule has 0 spiro atoms. The Balaban J connectivity index is 1.32. The highest BCUT2D eigenvalue weighted by Crippen LogP contribution is 2.22. The average molecular weight is 396 g/mol. The van der Waals surface area contributed by atoms with Gasteiger partial charge in [-0.1, -0.05) is 17.7 Å². The lowest BCUT2D eigenvalue weighted by atomic mass is 10.2. The molecule has 154 valence electrons. The number of hydrogen-bond donors (Lipinski definition) is 0. The molecule has 0 radical (unpaired) electrons. The van der Waals surface area contributed by atoms with Crippen LogP contribution in [0.25, 0.3) is 0 Å². The second-order valence-corrected chi connectivity index (χ2v) is 7.83. The highest BCUT2D eigenvalue weighted by Gasteiger charge is 2.24. The van der Waals surface area contributed by atoms with Crippen molar-refractivity contribution in [1.82, 2.24) is 14.9 Å². The maximum atomic E-state index is 12.5. The lowest BCUT2D eigenvalue weighted by Gasteiger charge is -2.35. The molecule has 2 aromatic rings. The molecule has 2 aliphatic heterocycles. The molecule has 0 atom stereocenters. The van der Waals surface area contributed by atoms with E-state index in [-0.39, 0.29) is 12.5 Å². The number of rotatable bonds is 5. The Morgan fingerprint density at radius 2 is 1.62 bits per heavy atom. The van der Waals surface area contributed by atoms with Gasteiger partial charge in [-0.15, -0.1) is 0 Å². The van der Waals surface area contributed by atoms with E-state index in [1.165, 1.54) is 18.4 Å². The van der Waals surface area contributed by atoms with Crippen molar-refractivity contribution in [2.45, 2.75) is 26.7 Å². The lowest BCUT2D eigenvalue weighted by Crippen LogP contribution is -2.50. The Morgan fingerprint density at radius 1 is 0.931 bits per heavy atom. The molecule has 1 aromatic heterocycles. The predicted octanol–water partition coefficient (Wildman–Crippen LogP) is 2.42. The van der Waals surface area contributed by atoms with Crippen LogP contribution in [-0.2, 0) is 4.79 Å². The zero-order valence-corrected chi connectivity index (χ0v) is 17.3. The molecule has 7 nitrogen and oxygen atoms in total. The number of aryl methyl sites for hydroxylation is 2. The van der Waals surface area contributed by atoms with Crippen LogP contribution in [0.1, 0.15) is 24.1 Å². The van der Waals surface area contributed by atoms with Crippen molar-refractivity contribution in [2.75, 3.05) is 55.7 Å². The molecule has 0 bridgehead atoms. The molecule has 1 amide bonds. The third kappa shape index (κ3) is 4.78.